The fourth-order valence-electron chi connectivity index (χ4n) is 5.03. The summed E-state index contributed by atoms with van der Waals surface area (Å²) >= 11 is 0. The minimum Gasteiger partial charge on any atom is -0.507 e. The smallest absolute Gasteiger partial charge is 0.201 e. The Morgan fingerprint density at radius 3 is 2.44 bits per heavy atom. The first-order valence-corrected chi connectivity index (χ1v) is 10.8. The fourth-order valence-corrected chi connectivity index (χ4v) is 5.03. The van der Waals surface area contributed by atoms with Crippen LogP contribution >= 0.6 is 0 Å². The molecule has 1 saturated heterocycles. The third-order valence-corrected chi connectivity index (χ3v) is 6.00. The second kappa shape index (κ2) is 7.34. The van der Waals surface area contributed by atoms with Gasteiger partial charge in [-0.3, -0.25) is 4.98 Å². The van der Waals surface area contributed by atoms with E-state index in [1.54, 1.807) is 18.5 Å². The number of phenols is 1. The van der Waals surface area contributed by atoms with Crippen LogP contribution in [0.1, 0.15) is 46.6 Å². The van der Waals surface area contributed by atoms with Gasteiger partial charge in [-0.2, -0.15) is 0 Å². The Morgan fingerprint density at radius 1 is 0.969 bits per heavy atom. The van der Waals surface area contributed by atoms with Crippen molar-refractivity contribution in [2.45, 2.75) is 57.7 Å². The molecule has 1 aliphatic rings. The number of nitrogens with one attached hydrogen (secondary N) is 1. The summed E-state index contributed by atoms with van der Waals surface area (Å²) in [6.07, 6.45) is 5.34. The van der Waals surface area contributed by atoms with Gasteiger partial charge in [0.2, 0.25) is 5.65 Å². The van der Waals surface area contributed by atoms with Gasteiger partial charge in [0, 0.05) is 34.6 Å². The lowest BCUT2D eigenvalue weighted by Gasteiger charge is -2.46. The molecule has 8 heteroatoms. The second-order valence-corrected chi connectivity index (χ2v) is 9.90. The molecule has 2 N–H and O–H groups in total. The van der Waals surface area contributed by atoms with Gasteiger partial charge in [0.15, 0.2) is 0 Å². The largest absolute Gasteiger partial charge is 0.507 e. The number of rotatable bonds is 3. The summed E-state index contributed by atoms with van der Waals surface area (Å²) in [5, 5.41) is 32.0. The lowest BCUT2D eigenvalue weighted by atomic mass is 9.80. The molecule has 32 heavy (non-hydrogen) atoms. The normalized spacial score (nSPS) is 18.1. The molecule has 1 aromatic carbocycles. The van der Waals surface area contributed by atoms with Gasteiger partial charge in [0.1, 0.15) is 11.3 Å². The maximum Gasteiger partial charge on any atom is 0.201 e. The molecule has 4 aromatic rings. The van der Waals surface area contributed by atoms with Crippen molar-refractivity contribution in [1.82, 2.24) is 35.5 Å². The molecule has 3 aromatic heterocycles. The van der Waals surface area contributed by atoms with Gasteiger partial charge in [-0.25, -0.2) is 4.68 Å². The monoisotopic (exact) mass is 429 g/mol. The van der Waals surface area contributed by atoms with Crippen molar-refractivity contribution in [1.29, 1.82) is 0 Å². The third-order valence-electron chi connectivity index (χ3n) is 6.00. The standard InChI is InChI=1S/C24H27N7O/c1-23(2)12-17(13-24(3,4)29-23)31-22-20(27-30-31)11-19(26-28-22)18-8-7-15(10-21(18)32)16-6-5-9-25-14-16/h5-11,14,17,29,32H,12-13H2,1-4H3. The number of piperidine rings is 1. The number of fused-ring (bicyclic) bond motifs is 1. The molecule has 0 unspecified atom stereocenters. The van der Waals surface area contributed by atoms with Crippen molar-refractivity contribution >= 4 is 11.2 Å². The molecule has 0 spiro atoms. The Bertz CT molecular complexity index is 1260. The minimum atomic E-state index is -0.0140. The Labute approximate surface area is 186 Å². The van der Waals surface area contributed by atoms with Gasteiger partial charge in [-0.05, 0) is 70.4 Å². The Balaban J connectivity index is 1.48. The molecule has 164 valence electrons. The van der Waals surface area contributed by atoms with Crippen LogP contribution in [-0.2, 0) is 0 Å². The van der Waals surface area contributed by atoms with E-state index in [0.29, 0.717) is 22.4 Å². The maximum absolute atomic E-state index is 10.7. The van der Waals surface area contributed by atoms with Gasteiger partial charge in [0.05, 0.1) is 11.7 Å². The molecule has 1 aliphatic heterocycles. The van der Waals surface area contributed by atoms with Gasteiger partial charge >= 0.3 is 0 Å². The minimum absolute atomic E-state index is 0.0140. The summed E-state index contributed by atoms with van der Waals surface area (Å²) < 4.78 is 1.90. The summed E-state index contributed by atoms with van der Waals surface area (Å²) in [5.74, 6) is 0.134. The number of phenolic OH excluding ortho intramolecular Hbond substituents is 1. The highest BCUT2D eigenvalue weighted by Crippen LogP contribution is 2.37. The summed E-state index contributed by atoms with van der Waals surface area (Å²) in [7, 11) is 0. The van der Waals surface area contributed by atoms with Crippen LogP contribution in [0.2, 0.25) is 0 Å². The molecule has 8 nitrogen and oxygen atoms in total. The van der Waals surface area contributed by atoms with Gasteiger partial charge < -0.3 is 10.4 Å². The Kier molecular flexibility index (Phi) is 4.70. The van der Waals surface area contributed by atoms with Crippen molar-refractivity contribution in [3.8, 4) is 28.1 Å². The quantitative estimate of drug-likeness (QED) is 0.505. The number of nitrogens with zero attached hydrogens (tertiary/aromatic N) is 6. The molecule has 0 radical (unpaired) electrons. The van der Waals surface area contributed by atoms with Crippen molar-refractivity contribution in [3.05, 3.63) is 48.8 Å². The lowest BCUT2D eigenvalue weighted by Crippen LogP contribution is -2.58. The van der Waals surface area contributed by atoms with Crippen LogP contribution in [0.15, 0.2) is 48.8 Å². The molecule has 5 rings (SSSR count). The first kappa shape index (κ1) is 20.5. The zero-order chi connectivity index (χ0) is 22.5. The summed E-state index contributed by atoms with van der Waals surface area (Å²) in [4.78, 5) is 4.14. The average molecular weight is 430 g/mol. The van der Waals surface area contributed by atoms with E-state index in [9.17, 15) is 5.11 Å². The molecule has 4 heterocycles. The molecule has 0 saturated carbocycles. The summed E-state index contributed by atoms with van der Waals surface area (Å²) in [6, 6.07) is 11.3. The van der Waals surface area contributed by atoms with E-state index < -0.39 is 0 Å². The molecule has 0 bridgehead atoms. The molecule has 0 aliphatic carbocycles. The van der Waals surface area contributed by atoms with E-state index in [1.165, 1.54) is 0 Å². The first-order valence-electron chi connectivity index (χ1n) is 10.8. The van der Waals surface area contributed by atoms with Crippen LogP contribution < -0.4 is 5.32 Å². The highest BCUT2D eigenvalue weighted by molar-refractivity contribution is 5.79. The van der Waals surface area contributed by atoms with E-state index in [-0.39, 0.29) is 22.9 Å². The molecular formula is C24H27N7O. The van der Waals surface area contributed by atoms with Crippen LogP contribution in [0.5, 0.6) is 5.75 Å². The number of aromatic nitrogens is 6. The van der Waals surface area contributed by atoms with Crippen LogP contribution in [0, 0.1) is 0 Å². The van der Waals surface area contributed by atoms with Crippen LogP contribution in [0.3, 0.4) is 0 Å². The van der Waals surface area contributed by atoms with Crippen LogP contribution in [-0.4, -0.2) is 46.4 Å². The Hall–Kier alpha value is -3.39. The predicted molar refractivity (Wildman–Crippen MR) is 123 cm³/mol. The van der Waals surface area contributed by atoms with E-state index >= 15 is 0 Å². The van der Waals surface area contributed by atoms with E-state index in [0.717, 1.165) is 24.0 Å². The van der Waals surface area contributed by atoms with E-state index in [2.05, 4.69) is 58.5 Å². The number of aromatic hydroxyl groups is 1. The zero-order valence-electron chi connectivity index (χ0n) is 18.7. The number of pyridine rings is 1. The highest BCUT2D eigenvalue weighted by Gasteiger charge is 2.39. The van der Waals surface area contributed by atoms with Gasteiger partial charge in [0.25, 0.3) is 0 Å². The lowest BCUT2D eigenvalue weighted by molar-refractivity contribution is 0.127. The van der Waals surface area contributed by atoms with Crippen molar-refractivity contribution < 1.29 is 5.11 Å². The maximum atomic E-state index is 10.7. The molecule has 0 atom stereocenters. The Morgan fingerprint density at radius 2 is 1.75 bits per heavy atom. The first-order chi connectivity index (χ1) is 15.2. The molecular weight excluding hydrogens is 402 g/mol. The van der Waals surface area contributed by atoms with Crippen LogP contribution in [0.25, 0.3) is 33.5 Å². The molecule has 1 fully saturated rings. The van der Waals surface area contributed by atoms with E-state index in [1.807, 2.05) is 35.0 Å². The number of hydrogen-bond donors (Lipinski definition) is 2. The SMILES string of the molecule is CC1(C)CC(n2nnc3cc(-c4ccc(-c5cccnc5)cc4O)nnc32)CC(C)(C)N1. The summed E-state index contributed by atoms with van der Waals surface area (Å²) in [6.45, 7) is 8.84. The fraction of sp³-hybridized carbons (Fsp3) is 0.375. The molecule has 0 amide bonds. The topological polar surface area (TPSA) is 102 Å². The van der Waals surface area contributed by atoms with Crippen molar-refractivity contribution in [2.24, 2.45) is 0 Å². The predicted octanol–water partition coefficient (Wildman–Crippen LogP) is 4.14. The second-order valence-electron chi connectivity index (χ2n) is 9.90. The zero-order valence-corrected chi connectivity index (χ0v) is 18.7. The third kappa shape index (κ3) is 3.82. The summed E-state index contributed by atoms with van der Waals surface area (Å²) in [5.41, 5.74) is 4.29. The highest BCUT2D eigenvalue weighted by atomic mass is 16.3. The van der Waals surface area contributed by atoms with Crippen LogP contribution in [0.4, 0.5) is 0 Å². The number of hydrogen-bond acceptors (Lipinski definition) is 7. The van der Waals surface area contributed by atoms with E-state index in [4.69, 9.17) is 0 Å². The van der Waals surface area contributed by atoms with Gasteiger partial charge in [-0.15, -0.1) is 15.3 Å². The average Bonchev–Trinajstić information content (AvgIpc) is 3.15. The van der Waals surface area contributed by atoms with Gasteiger partial charge in [-0.1, -0.05) is 17.3 Å². The van der Waals surface area contributed by atoms with Crippen molar-refractivity contribution in [3.63, 3.8) is 0 Å². The number of benzene rings is 1. The van der Waals surface area contributed by atoms with Crippen molar-refractivity contribution in [2.75, 3.05) is 0 Å².